The maximum absolute atomic E-state index is 9.41. The van der Waals surface area contributed by atoms with Crippen LogP contribution < -0.4 is 29.4 Å². The quantitative estimate of drug-likeness (QED) is 0.386. The summed E-state index contributed by atoms with van der Waals surface area (Å²) < 4.78 is 0. The van der Waals surface area contributed by atoms with E-state index in [1.807, 2.05) is 0 Å². The molecule has 0 saturated heterocycles. The third kappa shape index (κ3) is 71.4. The zero-order valence-corrected chi connectivity index (χ0v) is 15.1. The maximum Gasteiger partial charge on any atom is 3.00 e. The molecule has 0 heterocycles. The van der Waals surface area contributed by atoms with Crippen molar-refractivity contribution < 1.29 is 29.4 Å². The fraction of sp³-hybridized carbons (Fsp3) is 1.00. The topological polar surface area (TPSA) is 138 Å². The first kappa shape index (κ1) is 31.5. The molecule has 0 aromatic rings. The second-order valence-corrected chi connectivity index (χ2v) is 5.84. The molecule has 0 bridgehead atoms. The molecule has 17 heavy (non-hydrogen) atoms. The largest absolute Gasteiger partial charge is 3.00 e. The summed E-state index contributed by atoms with van der Waals surface area (Å²) in [6, 6.07) is 0. The van der Waals surface area contributed by atoms with E-state index >= 15 is 0 Å². The molecule has 0 saturated carbocycles. The predicted molar refractivity (Wildman–Crippen MR) is 63.9 cm³/mol. The van der Waals surface area contributed by atoms with Gasteiger partial charge in [0.05, 0.1) is 0 Å². The number of rotatable bonds is 3. The summed E-state index contributed by atoms with van der Waals surface area (Å²) in [6.07, 6.45) is 0.778. The number of hydrogen-bond donors (Lipinski definition) is 0. The SMILES string of the molecule is CCP([O-])[O-].CCP([O-])[O-].CCP([O-])[O-].[Al+3].[Al+3]. The van der Waals surface area contributed by atoms with Gasteiger partial charge in [-0.3, -0.25) is 0 Å². The average Bonchev–Trinajstić information content (AvgIpc) is 2.19. The number of hydrogen-bond acceptors (Lipinski definition) is 6. The van der Waals surface area contributed by atoms with Gasteiger partial charge in [-0.25, -0.2) is 0 Å². The molecule has 0 unspecified atom stereocenters. The van der Waals surface area contributed by atoms with E-state index in [0.717, 1.165) is 0 Å². The molecule has 0 atom stereocenters. The summed E-state index contributed by atoms with van der Waals surface area (Å²) in [7, 11) is -6.29. The van der Waals surface area contributed by atoms with Crippen LogP contribution in [0.5, 0.6) is 0 Å². The smallest absolute Gasteiger partial charge is 0.842 e. The Hall–Kier alpha value is 2.11. The van der Waals surface area contributed by atoms with Gasteiger partial charge in [0.25, 0.3) is 0 Å². The van der Waals surface area contributed by atoms with E-state index in [1.54, 1.807) is 20.8 Å². The Morgan fingerprint density at radius 2 is 0.588 bits per heavy atom. The van der Waals surface area contributed by atoms with E-state index in [4.69, 9.17) is 0 Å². The van der Waals surface area contributed by atoms with E-state index in [1.165, 1.54) is 0 Å². The first-order valence-electron chi connectivity index (χ1n) is 4.17. The molecular weight excluding hydrogens is 315 g/mol. The van der Waals surface area contributed by atoms with Crippen molar-refractivity contribution in [3.8, 4) is 0 Å². The van der Waals surface area contributed by atoms with Crippen molar-refractivity contribution in [3.05, 3.63) is 0 Å². The molecule has 0 rings (SSSR count). The summed E-state index contributed by atoms with van der Waals surface area (Å²) in [6.45, 7) is 4.81. The first-order chi connectivity index (χ1) is 6.81. The van der Waals surface area contributed by atoms with Crippen LogP contribution in [0.1, 0.15) is 20.8 Å². The van der Waals surface area contributed by atoms with Crippen LogP contribution in [0, 0.1) is 0 Å². The molecule has 0 N–H and O–H groups in total. The zero-order valence-electron chi connectivity index (χ0n) is 10.1. The summed E-state index contributed by atoms with van der Waals surface area (Å²) in [5.74, 6) is 0. The van der Waals surface area contributed by atoms with E-state index in [2.05, 4.69) is 0 Å². The van der Waals surface area contributed by atoms with Gasteiger partial charge in [-0.1, -0.05) is 39.3 Å². The van der Waals surface area contributed by atoms with Crippen molar-refractivity contribution in [3.63, 3.8) is 0 Å². The molecule has 0 fully saturated rings. The van der Waals surface area contributed by atoms with Crippen LogP contribution in [0.15, 0.2) is 0 Å². The van der Waals surface area contributed by atoms with E-state index in [-0.39, 0.29) is 53.2 Å². The van der Waals surface area contributed by atoms with Crippen molar-refractivity contribution >= 4 is 59.8 Å². The normalized spacial score (nSPS) is 8.47. The van der Waals surface area contributed by atoms with Gasteiger partial charge in [0, 0.05) is 0 Å². The van der Waals surface area contributed by atoms with E-state index in [0.29, 0.717) is 0 Å². The summed E-state index contributed by atoms with van der Waals surface area (Å²) in [5.41, 5.74) is 0. The molecule has 0 radical (unpaired) electrons. The fourth-order valence-corrected chi connectivity index (χ4v) is 0. The van der Waals surface area contributed by atoms with Gasteiger partial charge in [0.15, 0.2) is 0 Å². The summed E-state index contributed by atoms with van der Waals surface area (Å²) in [5, 5.41) is 0. The van der Waals surface area contributed by atoms with Crippen LogP contribution in [0.2, 0.25) is 0 Å². The Labute approximate surface area is 128 Å². The second kappa shape index (κ2) is 26.6. The Morgan fingerprint density at radius 3 is 0.588 bits per heavy atom. The van der Waals surface area contributed by atoms with Gasteiger partial charge in [-0.15, -0.1) is 0 Å². The van der Waals surface area contributed by atoms with Gasteiger partial charge in [0.1, 0.15) is 0 Å². The Morgan fingerprint density at radius 1 is 0.529 bits per heavy atom. The van der Waals surface area contributed by atoms with Crippen LogP contribution in [-0.4, -0.2) is 53.2 Å². The van der Waals surface area contributed by atoms with Gasteiger partial charge in [0.2, 0.25) is 0 Å². The zero-order chi connectivity index (χ0) is 12.9. The van der Waals surface area contributed by atoms with Crippen LogP contribution in [0.25, 0.3) is 0 Å². The molecule has 0 aliphatic carbocycles. The summed E-state index contributed by atoms with van der Waals surface area (Å²) >= 11 is 0. The van der Waals surface area contributed by atoms with Crippen molar-refractivity contribution in [2.75, 3.05) is 18.5 Å². The maximum atomic E-state index is 9.41. The molecule has 0 aliphatic heterocycles. The molecule has 0 aliphatic rings. The average molecular weight is 330 g/mol. The predicted octanol–water partition coefficient (Wildman–Crippen LogP) is -3.65. The molecule has 0 aromatic carbocycles. The third-order valence-electron chi connectivity index (χ3n) is 0.775. The van der Waals surface area contributed by atoms with Crippen LogP contribution in [0.3, 0.4) is 0 Å². The Bertz CT molecular complexity index is 92.7. The Balaban J connectivity index is -0.0000000400. The van der Waals surface area contributed by atoms with Crippen molar-refractivity contribution in [2.45, 2.75) is 20.8 Å². The molecule has 0 spiro atoms. The molecule has 0 aromatic heterocycles. The fourth-order valence-electron chi connectivity index (χ4n) is 0. The molecule has 11 heteroatoms. The molecular formula is C6H15Al2O6P3. The van der Waals surface area contributed by atoms with Crippen molar-refractivity contribution in [1.29, 1.82) is 0 Å². The molecule has 96 valence electrons. The van der Waals surface area contributed by atoms with Crippen molar-refractivity contribution in [1.82, 2.24) is 0 Å². The molecule has 0 amide bonds. The van der Waals surface area contributed by atoms with Gasteiger partial charge < -0.3 is 54.5 Å². The van der Waals surface area contributed by atoms with E-state index in [9.17, 15) is 29.4 Å². The third-order valence-corrected chi connectivity index (χ3v) is 2.32. The van der Waals surface area contributed by atoms with Crippen molar-refractivity contribution in [2.24, 2.45) is 0 Å². The van der Waals surface area contributed by atoms with E-state index < -0.39 is 25.1 Å². The van der Waals surface area contributed by atoms with Crippen LogP contribution in [-0.2, 0) is 0 Å². The van der Waals surface area contributed by atoms with Gasteiger partial charge in [-0.05, 0) is 0 Å². The summed E-state index contributed by atoms with van der Waals surface area (Å²) in [4.78, 5) is 56.4. The minimum absolute atomic E-state index is 0. The van der Waals surface area contributed by atoms with Crippen LogP contribution in [0.4, 0.5) is 0 Å². The first-order valence-corrected chi connectivity index (χ1v) is 8.25. The molecule has 6 nitrogen and oxygen atoms in total. The van der Waals surface area contributed by atoms with Crippen LogP contribution >= 0.6 is 25.1 Å². The minimum Gasteiger partial charge on any atom is -0.842 e. The van der Waals surface area contributed by atoms with Gasteiger partial charge >= 0.3 is 34.7 Å². The van der Waals surface area contributed by atoms with Gasteiger partial charge in [-0.2, -0.15) is 0 Å². The standard InChI is InChI=1S/3C2H5O2P.2Al/c3*1-2-5(3)4;;/h3*2H2,1H3;;/q3*-2;2*+3. The minimum atomic E-state index is -2.10. The monoisotopic (exact) mass is 330 g/mol. The Kier molecular flexibility index (Phi) is 49.3. The second-order valence-electron chi connectivity index (χ2n) is 1.95.